The van der Waals surface area contributed by atoms with E-state index in [1.165, 1.54) is 34.1 Å². The Labute approximate surface area is 198 Å². The fourth-order valence-electron chi connectivity index (χ4n) is 3.81. The van der Waals surface area contributed by atoms with Gasteiger partial charge in [-0.25, -0.2) is 9.37 Å². The molecule has 2 aromatic heterocycles. The molecule has 0 spiro atoms. The summed E-state index contributed by atoms with van der Waals surface area (Å²) in [6, 6.07) is 17.2. The van der Waals surface area contributed by atoms with Crippen LogP contribution in [0.4, 0.5) is 4.39 Å². The Balaban J connectivity index is 1.19. The SMILES string of the molecule is O=C(COc1ccccc1F)N1CCN(Cc2cc(=O)n3nc(-c4ccccc4)sc3n2)CC1. The first-order valence-corrected chi connectivity index (χ1v) is 11.7. The minimum atomic E-state index is -0.489. The molecule has 34 heavy (non-hydrogen) atoms. The Morgan fingerprint density at radius 3 is 2.53 bits per heavy atom. The second-order valence-electron chi connectivity index (χ2n) is 7.93. The number of halogens is 1. The fourth-order valence-corrected chi connectivity index (χ4v) is 4.74. The molecular weight excluding hydrogens is 457 g/mol. The number of hydrogen-bond donors (Lipinski definition) is 0. The predicted molar refractivity (Wildman–Crippen MR) is 126 cm³/mol. The largest absolute Gasteiger partial charge is 0.481 e. The van der Waals surface area contributed by atoms with Crippen molar-refractivity contribution in [3.05, 3.63) is 82.5 Å². The molecular formula is C24H22FN5O3S. The summed E-state index contributed by atoms with van der Waals surface area (Å²) >= 11 is 1.38. The van der Waals surface area contributed by atoms with Gasteiger partial charge in [-0.05, 0) is 12.1 Å². The minimum Gasteiger partial charge on any atom is -0.481 e. The maximum atomic E-state index is 13.7. The van der Waals surface area contributed by atoms with Gasteiger partial charge in [0.15, 0.2) is 18.2 Å². The van der Waals surface area contributed by atoms with Crippen molar-refractivity contribution in [2.75, 3.05) is 32.8 Å². The van der Waals surface area contributed by atoms with Crippen LogP contribution in [0, 0.1) is 5.82 Å². The quantitative estimate of drug-likeness (QED) is 0.423. The van der Waals surface area contributed by atoms with Crippen molar-refractivity contribution in [3.8, 4) is 16.3 Å². The maximum Gasteiger partial charge on any atom is 0.275 e. The van der Waals surface area contributed by atoms with E-state index in [0.29, 0.717) is 43.4 Å². The summed E-state index contributed by atoms with van der Waals surface area (Å²) in [6.07, 6.45) is 0. The summed E-state index contributed by atoms with van der Waals surface area (Å²) in [4.78, 5) is 34.1. The average molecular weight is 480 g/mol. The van der Waals surface area contributed by atoms with Gasteiger partial charge in [-0.15, -0.1) is 0 Å². The molecule has 0 unspecified atom stereocenters. The lowest BCUT2D eigenvalue weighted by Gasteiger charge is -2.34. The van der Waals surface area contributed by atoms with Crippen molar-refractivity contribution >= 4 is 22.2 Å². The molecule has 10 heteroatoms. The minimum absolute atomic E-state index is 0.0701. The van der Waals surface area contributed by atoms with Crippen LogP contribution in [0.5, 0.6) is 5.75 Å². The smallest absolute Gasteiger partial charge is 0.275 e. The van der Waals surface area contributed by atoms with Crippen LogP contribution in [0.25, 0.3) is 15.5 Å². The van der Waals surface area contributed by atoms with Crippen LogP contribution in [-0.2, 0) is 11.3 Å². The molecule has 0 aliphatic carbocycles. The summed E-state index contributed by atoms with van der Waals surface area (Å²) in [6.45, 7) is 2.65. The Bertz CT molecular complexity index is 1370. The van der Waals surface area contributed by atoms with Crippen molar-refractivity contribution in [2.45, 2.75) is 6.54 Å². The van der Waals surface area contributed by atoms with Crippen LogP contribution in [0.1, 0.15) is 5.69 Å². The molecule has 3 heterocycles. The van der Waals surface area contributed by atoms with E-state index in [0.717, 1.165) is 10.6 Å². The molecule has 0 atom stereocenters. The first-order chi connectivity index (χ1) is 16.6. The van der Waals surface area contributed by atoms with E-state index >= 15 is 0 Å². The standard InChI is InChI=1S/C24H22FN5O3S/c25-19-8-4-5-9-20(19)33-16-22(32)29-12-10-28(11-13-29)15-18-14-21(31)30-24(26-18)34-23(27-30)17-6-2-1-3-7-17/h1-9,14H,10-13,15-16H2. The van der Waals surface area contributed by atoms with Crippen LogP contribution in [0.15, 0.2) is 65.5 Å². The topological polar surface area (TPSA) is 80.0 Å². The van der Waals surface area contributed by atoms with Crippen molar-refractivity contribution in [1.29, 1.82) is 0 Å². The molecule has 0 bridgehead atoms. The van der Waals surface area contributed by atoms with Crippen LogP contribution in [0.3, 0.4) is 0 Å². The summed E-state index contributed by atoms with van der Waals surface area (Å²) < 4.78 is 20.3. The van der Waals surface area contributed by atoms with Crippen LogP contribution < -0.4 is 10.3 Å². The number of amides is 1. The monoisotopic (exact) mass is 479 g/mol. The highest BCUT2D eigenvalue weighted by Crippen LogP contribution is 2.24. The molecule has 0 N–H and O–H groups in total. The van der Waals surface area contributed by atoms with Crippen LogP contribution in [0.2, 0.25) is 0 Å². The fraction of sp³-hybridized carbons (Fsp3) is 0.250. The Hall–Kier alpha value is -3.63. The summed E-state index contributed by atoms with van der Waals surface area (Å²) in [5.41, 5.74) is 1.41. The lowest BCUT2D eigenvalue weighted by atomic mass is 10.2. The molecule has 1 saturated heterocycles. The molecule has 0 saturated carbocycles. The number of fused-ring (bicyclic) bond motifs is 1. The number of carbonyl (C=O) groups excluding carboxylic acids is 1. The summed E-state index contributed by atoms with van der Waals surface area (Å²) in [5, 5.41) is 5.15. The third kappa shape index (κ3) is 4.82. The number of ether oxygens (including phenoxy) is 1. The molecule has 1 aliphatic heterocycles. The molecule has 5 rings (SSSR count). The number of benzene rings is 2. The lowest BCUT2D eigenvalue weighted by molar-refractivity contribution is -0.135. The van der Waals surface area contributed by atoms with Gasteiger partial charge >= 0.3 is 0 Å². The maximum absolute atomic E-state index is 13.7. The highest BCUT2D eigenvalue weighted by molar-refractivity contribution is 7.19. The van der Waals surface area contributed by atoms with E-state index in [2.05, 4.69) is 15.0 Å². The Morgan fingerprint density at radius 1 is 1.03 bits per heavy atom. The highest BCUT2D eigenvalue weighted by Gasteiger charge is 2.22. The zero-order chi connectivity index (χ0) is 23.5. The van der Waals surface area contributed by atoms with Crippen molar-refractivity contribution in [2.24, 2.45) is 0 Å². The summed E-state index contributed by atoms with van der Waals surface area (Å²) in [5.74, 6) is -0.600. The predicted octanol–water partition coefficient (Wildman–Crippen LogP) is 2.68. The van der Waals surface area contributed by atoms with E-state index in [4.69, 9.17) is 4.74 Å². The van der Waals surface area contributed by atoms with Gasteiger partial charge in [-0.2, -0.15) is 9.61 Å². The van der Waals surface area contributed by atoms with E-state index in [1.54, 1.807) is 17.0 Å². The number of nitrogens with zero attached hydrogens (tertiary/aromatic N) is 5. The molecule has 8 nitrogen and oxygen atoms in total. The molecule has 1 aliphatic rings. The van der Waals surface area contributed by atoms with E-state index in [9.17, 15) is 14.0 Å². The summed E-state index contributed by atoms with van der Waals surface area (Å²) in [7, 11) is 0. The van der Waals surface area contributed by atoms with E-state index in [1.807, 2.05) is 30.3 Å². The molecule has 1 amide bonds. The first-order valence-electron chi connectivity index (χ1n) is 10.9. The van der Waals surface area contributed by atoms with Crippen molar-refractivity contribution in [3.63, 3.8) is 0 Å². The Kier molecular flexibility index (Phi) is 6.33. The van der Waals surface area contributed by atoms with Gasteiger partial charge in [-0.3, -0.25) is 14.5 Å². The second kappa shape index (κ2) is 9.70. The van der Waals surface area contributed by atoms with Gasteiger partial charge < -0.3 is 9.64 Å². The highest BCUT2D eigenvalue weighted by atomic mass is 32.1. The Morgan fingerprint density at radius 2 is 1.76 bits per heavy atom. The van der Waals surface area contributed by atoms with Gasteiger partial charge in [0.1, 0.15) is 5.01 Å². The normalized spacial score (nSPS) is 14.4. The van der Waals surface area contributed by atoms with Crippen LogP contribution >= 0.6 is 11.3 Å². The molecule has 2 aromatic carbocycles. The second-order valence-corrected chi connectivity index (χ2v) is 8.89. The zero-order valence-corrected chi connectivity index (χ0v) is 19.1. The number of hydrogen-bond acceptors (Lipinski definition) is 7. The van der Waals surface area contributed by atoms with Gasteiger partial charge in [0.25, 0.3) is 11.5 Å². The third-order valence-electron chi connectivity index (χ3n) is 5.62. The van der Waals surface area contributed by atoms with Crippen LogP contribution in [-0.4, -0.2) is 63.1 Å². The first kappa shape index (κ1) is 22.2. The molecule has 0 radical (unpaired) electrons. The number of para-hydroxylation sites is 1. The number of aromatic nitrogens is 3. The molecule has 4 aromatic rings. The average Bonchev–Trinajstić information content (AvgIpc) is 3.29. The molecule has 174 valence electrons. The van der Waals surface area contributed by atoms with Crippen molar-refractivity contribution < 1.29 is 13.9 Å². The van der Waals surface area contributed by atoms with Gasteiger partial charge in [0.2, 0.25) is 4.96 Å². The van der Waals surface area contributed by atoms with Gasteiger partial charge in [-0.1, -0.05) is 53.8 Å². The van der Waals surface area contributed by atoms with Gasteiger partial charge in [0.05, 0.1) is 5.69 Å². The molecule has 1 fully saturated rings. The number of piperazine rings is 1. The third-order valence-corrected chi connectivity index (χ3v) is 6.57. The van der Waals surface area contributed by atoms with E-state index in [-0.39, 0.29) is 23.8 Å². The van der Waals surface area contributed by atoms with Gasteiger partial charge in [0, 0.05) is 44.4 Å². The van der Waals surface area contributed by atoms with Crippen molar-refractivity contribution in [1.82, 2.24) is 24.4 Å². The van der Waals surface area contributed by atoms with E-state index < -0.39 is 5.82 Å². The number of rotatable bonds is 6. The lowest BCUT2D eigenvalue weighted by Crippen LogP contribution is -2.49. The zero-order valence-electron chi connectivity index (χ0n) is 18.3. The number of carbonyl (C=O) groups is 1.